The molecule has 7 nitrogen and oxygen atoms in total. The van der Waals surface area contributed by atoms with E-state index in [2.05, 4.69) is 15.3 Å². The second kappa shape index (κ2) is 10.2. The lowest BCUT2D eigenvalue weighted by Gasteiger charge is -2.22. The van der Waals surface area contributed by atoms with E-state index in [0.29, 0.717) is 23.9 Å². The Hall–Kier alpha value is -3.74. The van der Waals surface area contributed by atoms with E-state index in [0.717, 1.165) is 11.1 Å². The number of hydrogen-bond acceptors (Lipinski definition) is 7. The molecule has 1 unspecified atom stereocenters. The summed E-state index contributed by atoms with van der Waals surface area (Å²) in [6.45, 7) is 3.82. The number of aromatic nitrogens is 2. The van der Waals surface area contributed by atoms with Gasteiger partial charge in [-0.15, -0.1) is 0 Å². The summed E-state index contributed by atoms with van der Waals surface area (Å²) < 4.78 is 10.6. The molecule has 30 heavy (non-hydrogen) atoms. The minimum absolute atomic E-state index is 0.266. The summed E-state index contributed by atoms with van der Waals surface area (Å²) in [5, 5.41) is 3.29. The van der Waals surface area contributed by atoms with Gasteiger partial charge >= 0.3 is 11.9 Å². The Kier molecular flexibility index (Phi) is 7.10. The van der Waals surface area contributed by atoms with Crippen LogP contribution in [0.3, 0.4) is 0 Å². The number of rotatable bonds is 8. The summed E-state index contributed by atoms with van der Waals surface area (Å²) >= 11 is 0. The van der Waals surface area contributed by atoms with Gasteiger partial charge in [0.15, 0.2) is 0 Å². The van der Waals surface area contributed by atoms with Crippen LogP contribution in [0.4, 0.5) is 5.95 Å². The molecule has 3 rings (SSSR count). The van der Waals surface area contributed by atoms with Crippen molar-refractivity contribution in [1.29, 1.82) is 0 Å². The number of benzene rings is 2. The Morgan fingerprint density at radius 2 is 1.67 bits per heavy atom. The lowest BCUT2D eigenvalue weighted by atomic mass is 9.97. The maximum Gasteiger partial charge on any atom is 0.338 e. The van der Waals surface area contributed by atoms with Crippen LogP contribution in [-0.2, 0) is 9.53 Å². The Bertz CT molecular complexity index is 991. The van der Waals surface area contributed by atoms with Crippen LogP contribution >= 0.6 is 0 Å². The number of nitrogens with zero attached hydrogens (tertiary/aromatic N) is 2. The molecule has 2 aromatic carbocycles. The van der Waals surface area contributed by atoms with Gasteiger partial charge in [-0.3, -0.25) is 4.79 Å². The van der Waals surface area contributed by atoms with Crippen molar-refractivity contribution in [3.05, 3.63) is 83.7 Å². The molecule has 0 saturated heterocycles. The van der Waals surface area contributed by atoms with Crippen molar-refractivity contribution >= 4 is 17.9 Å². The first-order valence-corrected chi connectivity index (χ1v) is 9.72. The normalized spacial score (nSPS) is 11.4. The van der Waals surface area contributed by atoms with E-state index >= 15 is 0 Å². The largest absolute Gasteiger partial charge is 0.462 e. The fraction of sp³-hybridized carbons (Fsp3) is 0.217. The van der Waals surface area contributed by atoms with Crippen LogP contribution in [0, 0.1) is 0 Å². The molecule has 1 atom stereocenters. The molecule has 1 aromatic heterocycles. The molecule has 0 fully saturated rings. The first-order chi connectivity index (χ1) is 14.6. The lowest BCUT2D eigenvalue weighted by molar-refractivity contribution is -0.134. The van der Waals surface area contributed by atoms with Crippen molar-refractivity contribution in [3.8, 4) is 5.75 Å². The molecule has 7 heteroatoms. The van der Waals surface area contributed by atoms with E-state index in [1.807, 2.05) is 30.3 Å². The third kappa shape index (κ3) is 5.20. The molecule has 154 valence electrons. The molecular formula is C23H23N3O4. The molecule has 0 spiro atoms. The summed E-state index contributed by atoms with van der Waals surface area (Å²) in [7, 11) is 0. The number of carbonyl (C=O) groups is 2. The average Bonchev–Trinajstić information content (AvgIpc) is 2.79. The van der Waals surface area contributed by atoms with Crippen molar-refractivity contribution in [2.75, 3.05) is 11.9 Å². The lowest BCUT2D eigenvalue weighted by Crippen LogP contribution is -2.17. The van der Waals surface area contributed by atoms with E-state index in [1.54, 1.807) is 50.5 Å². The maximum absolute atomic E-state index is 12.0. The zero-order chi connectivity index (χ0) is 21.3. The maximum atomic E-state index is 12.0. The SMILES string of the molecule is CCOC(=O)c1ccc(C(Nc2ncccn2)c2ccccc2OC(=O)CC)cc1. The van der Waals surface area contributed by atoms with Gasteiger partial charge in [-0.05, 0) is 36.8 Å². The van der Waals surface area contributed by atoms with Crippen LogP contribution in [0.1, 0.15) is 47.8 Å². The van der Waals surface area contributed by atoms with Gasteiger partial charge in [-0.25, -0.2) is 14.8 Å². The van der Waals surface area contributed by atoms with Crippen molar-refractivity contribution in [2.24, 2.45) is 0 Å². The van der Waals surface area contributed by atoms with Crippen LogP contribution < -0.4 is 10.1 Å². The summed E-state index contributed by atoms with van der Waals surface area (Å²) in [5.74, 6) is 0.174. The second-order valence-electron chi connectivity index (χ2n) is 6.36. The zero-order valence-corrected chi connectivity index (χ0v) is 16.9. The topological polar surface area (TPSA) is 90.4 Å². The monoisotopic (exact) mass is 405 g/mol. The number of para-hydroxylation sites is 1. The van der Waals surface area contributed by atoms with E-state index in [1.165, 1.54) is 0 Å². The summed E-state index contributed by atoms with van der Waals surface area (Å²) in [4.78, 5) is 32.4. The molecular weight excluding hydrogens is 382 g/mol. The third-order valence-corrected chi connectivity index (χ3v) is 4.34. The van der Waals surface area contributed by atoms with Crippen LogP contribution in [0.15, 0.2) is 67.0 Å². The van der Waals surface area contributed by atoms with Gasteiger partial charge in [0.25, 0.3) is 0 Å². The Morgan fingerprint density at radius 1 is 0.967 bits per heavy atom. The quantitative estimate of drug-likeness (QED) is 0.444. The molecule has 3 aromatic rings. The first-order valence-electron chi connectivity index (χ1n) is 9.72. The highest BCUT2D eigenvalue weighted by Gasteiger charge is 2.21. The number of esters is 2. The summed E-state index contributed by atoms with van der Waals surface area (Å²) in [5.41, 5.74) is 2.05. The third-order valence-electron chi connectivity index (χ3n) is 4.34. The average molecular weight is 405 g/mol. The molecule has 0 aliphatic heterocycles. The summed E-state index contributed by atoms with van der Waals surface area (Å²) in [6.07, 6.45) is 3.54. The van der Waals surface area contributed by atoms with Gasteiger partial charge in [-0.1, -0.05) is 37.3 Å². The first kappa shape index (κ1) is 21.0. The van der Waals surface area contributed by atoms with E-state index < -0.39 is 6.04 Å². The van der Waals surface area contributed by atoms with E-state index in [-0.39, 0.29) is 18.4 Å². The smallest absolute Gasteiger partial charge is 0.338 e. The summed E-state index contributed by atoms with van der Waals surface area (Å²) in [6, 6.07) is 15.7. The molecule has 0 aliphatic rings. The number of ether oxygens (including phenoxy) is 2. The van der Waals surface area contributed by atoms with E-state index in [9.17, 15) is 9.59 Å². The van der Waals surface area contributed by atoms with E-state index in [4.69, 9.17) is 9.47 Å². The van der Waals surface area contributed by atoms with Gasteiger partial charge in [-0.2, -0.15) is 0 Å². The molecule has 0 bridgehead atoms. The van der Waals surface area contributed by atoms with Crippen molar-refractivity contribution < 1.29 is 19.1 Å². The van der Waals surface area contributed by atoms with Gasteiger partial charge in [0.1, 0.15) is 5.75 Å². The van der Waals surface area contributed by atoms with Gasteiger partial charge in [0.2, 0.25) is 5.95 Å². The van der Waals surface area contributed by atoms with Crippen LogP contribution in [0.2, 0.25) is 0 Å². The standard InChI is InChI=1S/C23H23N3O4/c1-3-20(27)30-19-9-6-5-8-18(19)21(26-23-24-14-7-15-25-23)16-10-12-17(13-11-16)22(28)29-4-2/h5-15,21H,3-4H2,1-2H3,(H,24,25,26). The zero-order valence-electron chi connectivity index (χ0n) is 16.9. The second-order valence-corrected chi connectivity index (χ2v) is 6.36. The fourth-order valence-electron chi connectivity index (χ4n) is 2.88. The van der Waals surface area contributed by atoms with Gasteiger partial charge < -0.3 is 14.8 Å². The van der Waals surface area contributed by atoms with Crippen molar-refractivity contribution in [3.63, 3.8) is 0 Å². The Balaban J connectivity index is 2.00. The molecule has 0 amide bonds. The minimum Gasteiger partial charge on any atom is -0.462 e. The molecule has 1 heterocycles. The molecule has 0 aliphatic carbocycles. The van der Waals surface area contributed by atoms with Gasteiger partial charge in [0, 0.05) is 24.4 Å². The predicted molar refractivity (Wildman–Crippen MR) is 112 cm³/mol. The number of nitrogens with one attached hydrogen (secondary N) is 1. The minimum atomic E-state index is -0.412. The molecule has 1 N–H and O–H groups in total. The van der Waals surface area contributed by atoms with Crippen LogP contribution in [0.25, 0.3) is 0 Å². The van der Waals surface area contributed by atoms with Crippen LogP contribution in [0.5, 0.6) is 5.75 Å². The highest BCUT2D eigenvalue weighted by molar-refractivity contribution is 5.89. The van der Waals surface area contributed by atoms with Crippen molar-refractivity contribution in [2.45, 2.75) is 26.3 Å². The number of carbonyl (C=O) groups excluding carboxylic acids is 2. The predicted octanol–water partition coefficient (Wildman–Crippen LogP) is 4.17. The number of anilines is 1. The Morgan fingerprint density at radius 3 is 2.33 bits per heavy atom. The molecule has 0 saturated carbocycles. The highest BCUT2D eigenvalue weighted by Crippen LogP contribution is 2.32. The van der Waals surface area contributed by atoms with Crippen LogP contribution in [-0.4, -0.2) is 28.5 Å². The Labute approximate surface area is 175 Å². The highest BCUT2D eigenvalue weighted by atomic mass is 16.5. The van der Waals surface area contributed by atoms with Gasteiger partial charge in [0.05, 0.1) is 18.2 Å². The molecule has 0 radical (unpaired) electrons. The van der Waals surface area contributed by atoms with Crippen molar-refractivity contribution in [1.82, 2.24) is 9.97 Å². The number of hydrogen-bond donors (Lipinski definition) is 1. The fourth-order valence-corrected chi connectivity index (χ4v) is 2.88.